The summed E-state index contributed by atoms with van der Waals surface area (Å²) in [4.78, 5) is 15.0. The lowest BCUT2D eigenvalue weighted by Crippen LogP contribution is -2.00. The van der Waals surface area contributed by atoms with Gasteiger partial charge in [0.15, 0.2) is 17.5 Å². The summed E-state index contributed by atoms with van der Waals surface area (Å²) >= 11 is 0. The molecule has 0 fully saturated rings. The van der Waals surface area contributed by atoms with Crippen LogP contribution in [0.2, 0.25) is 0 Å². The summed E-state index contributed by atoms with van der Waals surface area (Å²) in [7, 11) is 0. The lowest BCUT2D eigenvalue weighted by atomic mass is 9.95. The molecule has 9 aromatic rings. The minimum atomic E-state index is 0.599. The molecular weight excluding hydrogens is 550 g/mol. The number of rotatable bonds is 4. The van der Waals surface area contributed by atoms with Crippen LogP contribution in [-0.4, -0.2) is 15.0 Å². The number of benzene rings is 7. The van der Waals surface area contributed by atoms with Crippen LogP contribution in [0.5, 0.6) is 0 Å². The molecule has 4 nitrogen and oxygen atoms in total. The molecule has 0 amide bonds. The van der Waals surface area contributed by atoms with E-state index in [0.29, 0.717) is 17.5 Å². The summed E-state index contributed by atoms with van der Waals surface area (Å²) < 4.78 is 6.71. The van der Waals surface area contributed by atoms with E-state index in [1.807, 2.05) is 36.4 Å². The number of hydrogen-bond donors (Lipinski definition) is 0. The van der Waals surface area contributed by atoms with Gasteiger partial charge in [-0.05, 0) is 45.5 Å². The molecule has 0 N–H and O–H groups in total. The van der Waals surface area contributed by atoms with Crippen molar-refractivity contribution in [2.75, 3.05) is 0 Å². The molecule has 0 aliphatic carbocycles. The number of furan rings is 1. The Morgan fingerprint density at radius 1 is 0.378 bits per heavy atom. The van der Waals surface area contributed by atoms with Gasteiger partial charge in [-0.1, -0.05) is 133 Å². The Bertz CT molecular complexity index is 2530. The molecule has 0 unspecified atom stereocenters. The second-order valence-corrected chi connectivity index (χ2v) is 11.2. The smallest absolute Gasteiger partial charge is 0.164 e. The summed E-state index contributed by atoms with van der Waals surface area (Å²) in [6, 6.07) is 52.1. The molecule has 0 saturated heterocycles. The highest BCUT2D eigenvalue weighted by molar-refractivity contribution is 6.21. The van der Waals surface area contributed by atoms with E-state index < -0.39 is 0 Å². The summed E-state index contributed by atoms with van der Waals surface area (Å²) in [5, 5.41) is 6.65. The van der Waals surface area contributed by atoms with Crippen molar-refractivity contribution < 1.29 is 4.42 Å². The van der Waals surface area contributed by atoms with Gasteiger partial charge in [0.2, 0.25) is 0 Å². The predicted molar refractivity (Wildman–Crippen MR) is 184 cm³/mol. The number of nitrogens with zero attached hydrogens (tertiary/aromatic N) is 3. The standard InChI is InChI=1S/C41H25N3O/c1-3-12-27(13-4-1)35-24-29-17-8-10-20-32(29)38-37(35)34-23-22-30(25-36(34)45-38)40-42-39(28-15-5-2-6-16-28)43-41(44-40)33-21-11-18-26-14-7-9-19-31(26)33/h1-25H. The molecule has 7 aromatic carbocycles. The number of aromatic nitrogens is 3. The van der Waals surface area contributed by atoms with Crippen LogP contribution in [0.4, 0.5) is 0 Å². The zero-order valence-corrected chi connectivity index (χ0v) is 24.2. The van der Waals surface area contributed by atoms with Crippen LogP contribution >= 0.6 is 0 Å². The first-order valence-electron chi connectivity index (χ1n) is 15.0. The molecule has 210 valence electrons. The molecule has 45 heavy (non-hydrogen) atoms. The van der Waals surface area contributed by atoms with Crippen LogP contribution in [0, 0.1) is 0 Å². The van der Waals surface area contributed by atoms with E-state index >= 15 is 0 Å². The average Bonchev–Trinajstić information content (AvgIpc) is 3.51. The Morgan fingerprint density at radius 2 is 1.00 bits per heavy atom. The third kappa shape index (κ3) is 4.27. The largest absolute Gasteiger partial charge is 0.455 e. The van der Waals surface area contributed by atoms with Gasteiger partial charge in [-0.25, -0.2) is 15.0 Å². The maximum Gasteiger partial charge on any atom is 0.164 e. The highest BCUT2D eigenvalue weighted by Crippen LogP contribution is 2.42. The van der Waals surface area contributed by atoms with Crippen molar-refractivity contribution in [1.29, 1.82) is 0 Å². The molecule has 9 rings (SSSR count). The molecule has 0 radical (unpaired) electrons. The van der Waals surface area contributed by atoms with E-state index in [1.54, 1.807) is 0 Å². The van der Waals surface area contributed by atoms with Crippen LogP contribution in [0.1, 0.15) is 0 Å². The van der Waals surface area contributed by atoms with Crippen molar-refractivity contribution >= 4 is 43.5 Å². The molecule has 0 saturated carbocycles. The molecule has 0 bridgehead atoms. The van der Waals surface area contributed by atoms with Crippen molar-refractivity contribution in [2.24, 2.45) is 0 Å². The van der Waals surface area contributed by atoms with Crippen molar-refractivity contribution in [3.05, 3.63) is 152 Å². The first-order valence-corrected chi connectivity index (χ1v) is 15.0. The minimum absolute atomic E-state index is 0.599. The van der Waals surface area contributed by atoms with Gasteiger partial charge in [-0.2, -0.15) is 0 Å². The van der Waals surface area contributed by atoms with Gasteiger partial charge in [-0.3, -0.25) is 0 Å². The van der Waals surface area contributed by atoms with Crippen molar-refractivity contribution in [3.63, 3.8) is 0 Å². The highest BCUT2D eigenvalue weighted by atomic mass is 16.3. The molecule has 2 aromatic heterocycles. The van der Waals surface area contributed by atoms with Crippen LogP contribution < -0.4 is 0 Å². The molecule has 2 heterocycles. The third-order valence-corrected chi connectivity index (χ3v) is 8.51. The van der Waals surface area contributed by atoms with Gasteiger partial charge in [0.1, 0.15) is 11.2 Å². The first-order chi connectivity index (χ1) is 22.3. The van der Waals surface area contributed by atoms with E-state index in [0.717, 1.165) is 71.3 Å². The Labute approximate surface area is 259 Å². The summed E-state index contributed by atoms with van der Waals surface area (Å²) in [5.74, 6) is 1.87. The van der Waals surface area contributed by atoms with E-state index in [9.17, 15) is 0 Å². The van der Waals surface area contributed by atoms with Crippen molar-refractivity contribution in [1.82, 2.24) is 15.0 Å². The molecule has 4 heteroatoms. The van der Waals surface area contributed by atoms with Gasteiger partial charge in [-0.15, -0.1) is 0 Å². The third-order valence-electron chi connectivity index (χ3n) is 8.51. The van der Waals surface area contributed by atoms with E-state index in [-0.39, 0.29) is 0 Å². The second-order valence-electron chi connectivity index (χ2n) is 11.2. The maximum absolute atomic E-state index is 6.71. The molecule has 0 aliphatic rings. The monoisotopic (exact) mass is 575 g/mol. The Hall–Kier alpha value is -6.13. The quantitative estimate of drug-likeness (QED) is 0.209. The SMILES string of the molecule is c1ccc(-c2nc(-c3ccc4c(c3)oc3c5ccccc5cc(-c5ccccc5)c43)nc(-c3cccc4ccccc34)n2)cc1. The van der Waals surface area contributed by atoms with E-state index in [1.165, 1.54) is 0 Å². The van der Waals surface area contributed by atoms with Gasteiger partial charge >= 0.3 is 0 Å². The van der Waals surface area contributed by atoms with Crippen LogP contribution in [0.25, 0.3) is 88.8 Å². The lowest BCUT2D eigenvalue weighted by Gasteiger charge is -2.10. The fourth-order valence-corrected chi connectivity index (χ4v) is 6.36. The Morgan fingerprint density at radius 3 is 1.80 bits per heavy atom. The van der Waals surface area contributed by atoms with E-state index in [2.05, 4.69) is 115 Å². The second kappa shape index (κ2) is 10.2. The Kier molecular flexibility index (Phi) is 5.78. The van der Waals surface area contributed by atoms with Gasteiger partial charge in [0.25, 0.3) is 0 Å². The zero-order valence-electron chi connectivity index (χ0n) is 24.2. The van der Waals surface area contributed by atoms with E-state index in [4.69, 9.17) is 19.4 Å². The molecule has 0 atom stereocenters. The Balaban J connectivity index is 1.29. The topological polar surface area (TPSA) is 51.8 Å². The summed E-state index contributed by atoms with van der Waals surface area (Å²) in [6.07, 6.45) is 0. The van der Waals surface area contributed by atoms with Crippen LogP contribution in [-0.2, 0) is 0 Å². The van der Waals surface area contributed by atoms with Gasteiger partial charge in [0, 0.05) is 32.8 Å². The van der Waals surface area contributed by atoms with Gasteiger partial charge in [0.05, 0.1) is 0 Å². The average molecular weight is 576 g/mol. The summed E-state index contributed by atoms with van der Waals surface area (Å²) in [6.45, 7) is 0. The minimum Gasteiger partial charge on any atom is -0.455 e. The molecule has 0 aliphatic heterocycles. The summed E-state index contributed by atoms with van der Waals surface area (Å²) in [5.41, 5.74) is 6.77. The van der Waals surface area contributed by atoms with Crippen LogP contribution in [0.3, 0.4) is 0 Å². The van der Waals surface area contributed by atoms with Crippen molar-refractivity contribution in [2.45, 2.75) is 0 Å². The fraction of sp³-hybridized carbons (Fsp3) is 0. The van der Waals surface area contributed by atoms with Crippen molar-refractivity contribution in [3.8, 4) is 45.3 Å². The lowest BCUT2D eigenvalue weighted by molar-refractivity contribution is 0.673. The maximum atomic E-state index is 6.71. The zero-order chi connectivity index (χ0) is 29.7. The first kappa shape index (κ1) is 25.4. The predicted octanol–water partition coefficient (Wildman–Crippen LogP) is 10.7. The number of fused-ring (bicyclic) bond motifs is 6. The van der Waals surface area contributed by atoms with Crippen LogP contribution in [0.15, 0.2) is 156 Å². The highest BCUT2D eigenvalue weighted by Gasteiger charge is 2.19. The fourth-order valence-electron chi connectivity index (χ4n) is 6.36. The molecular formula is C41H25N3O. The normalized spacial score (nSPS) is 11.6. The van der Waals surface area contributed by atoms with Gasteiger partial charge < -0.3 is 4.42 Å². The molecule has 0 spiro atoms. The number of hydrogen-bond acceptors (Lipinski definition) is 4.